The first-order valence-electron chi connectivity index (χ1n) is 31.0. The number of unbranched alkanes of at least 4 members (excludes halogenated alkanes) is 4. The fraction of sp³-hybridized carbons (Fsp3) is 0.471. The fourth-order valence-corrected chi connectivity index (χ4v) is 19.8. The molecule has 6 aromatic rings. The monoisotopic (exact) mass is 1370 g/mol. The molecule has 0 bridgehead atoms. The van der Waals surface area contributed by atoms with Crippen LogP contribution >= 0.6 is 99.9 Å². The first-order valence-corrected chi connectivity index (χ1v) is 37.5. The van der Waals surface area contributed by atoms with Crippen LogP contribution in [0.4, 0.5) is 0 Å². The van der Waals surface area contributed by atoms with Crippen molar-refractivity contribution in [2.75, 3.05) is 26.2 Å². The molecule has 0 N–H and O–H groups in total. The molecule has 0 saturated heterocycles. The average Bonchev–Trinajstić information content (AvgIpc) is 1.61. The Morgan fingerprint density at radius 1 is 0.310 bits per heavy atom. The highest BCUT2D eigenvalue weighted by Gasteiger charge is 2.52. The second kappa shape index (κ2) is 28.4. The van der Waals surface area contributed by atoms with E-state index in [0.717, 1.165) is 172 Å². The summed E-state index contributed by atoms with van der Waals surface area (Å²) in [5, 5.41) is 0. The van der Waals surface area contributed by atoms with Crippen molar-refractivity contribution in [3.8, 4) is 29.3 Å². The lowest BCUT2D eigenvalue weighted by molar-refractivity contribution is -0.124. The van der Waals surface area contributed by atoms with Gasteiger partial charge in [0.25, 0.3) is 23.6 Å². The first-order chi connectivity index (χ1) is 40.8. The number of rotatable bonds is 31. The minimum atomic E-state index is -0.0547. The lowest BCUT2D eigenvalue weighted by Gasteiger charge is -2.29. The van der Waals surface area contributed by atoms with Crippen LogP contribution in [0.25, 0.3) is 52.1 Å². The Hall–Kier alpha value is -4.00. The van der Waals surface area contributed by atoms with E-state index < -0.39 is 0 Å². The Morgan fingerprint density at radius 2 is 0.512 bits per heavy atom. The highest BCUT2D eigenvalue weighted by Crippen LogP contribution is 2.54. The van der Waals surface area contributed by atoms with Gasteiger partial charge in [0, 0.05) is 55.4 Å². The number of amides is 4. The zero-order valence-corrected chi connectivity index (χ0v) is 58.1. The topological polar surface area (TPSA) is 81.2 Å². The first kappa shape index (κ1) is 63.0. The van der Waals surface area contributed by atoms with Gasteiger partial charge >= 0.3 is 0 Å². The summed E-state index contributed by atoms with van der Waals surface area (Å²) >= 11 is 17.5. The molecule has 0 aromatic carbocycles. The van der Waals surface area contributed by atoms with Crippen molar-refractivity contribution < 1.29 is 19.2 Å². The SMILES string of the molecule is CCCCC(CC)CN1C(=O)C2=C(c3ccc(-c4ccc(-c5ccc(-c6ccc(C7=C8C(=O)N(CC(CC)CCCC)C(c9ccc(Br)s9)=C8C(=O)N7CC(CC)CCCC)s6)s5)s4)s3)N(CC(CC)CCCC)C(=O)C2=C1c1ccc(Br)s1. The fourth-order valence-electron chi connectivity index (χ4n) is 12.5. The molecule has 10 heterocycles. The van der Waals surface area contributed by atoms with Gasteiger partial charge in [0.05, 0.1) is 72.2 Å². The lowest BCUT2D eigenvalue weighted by Crippen LogP contribution is -2.34. The molecule has 8 nitrogen and oxygen atoms in total. The molecule has 0 aliphatic carbocycles. The maximum atomic E-state index is 15.2. The van der Waals surface area contributed by atoms with Crippen molar-refractivity contribution in [2.24, 2.45) is 23.7 Å². The van der Waals surface area contributed by atoms with Gasteiger partial charge in [0.2, 0.25) is 0 Å². The van der Waals surface area contributed by atoms with E-state index in [1.165, 1.54) is 9.75 Å². The van der Waals surface area contributed by atoms with Crippen LogP contribution in [0.15, 0.2) is 103 Å². The Bertz CT molecular complexity index is 3280. The summed E-state index contributed by atoms with van der Waals surface area (Å²) in [6.07, 6.45) is 16.8. The molecule has 6 aromatic heterocycles. The lowest BCUT2D eigenvalue weighted by atomic mass is 9.98. The van der Waals surface area contributed by atoms with Crippen molar-refractivity contribution in [1.29, 1.82) is 0 Å². The van der Waals surface area contributed by atoms with Crippen LogP contribution in [0, 0.1) is 23.7 Å². The number of thiophene rings is 6. The molecule has 446 valence electrons. The molecular weight excluding hydrogens is 1290 g/mol. The number of carbonyl (C=O) groups is 4. The largest absolute Gasteiger partial charge is 0.306 e. The van der Waals surface area contributed by atoms with Gasteiger partial charge in [0.15, 0.2) is 0 Å². The molecule has 84 heavy (non-hydrogen) atoms. The Labute approximate surface area is 539 Å². The van der Waals surface area contributed by atoms with E-state index >= 15 is 19.2 Å². The molecule has 4 amide bonds. The van der Waals surface area contributed by atoms with Gasteiger partial charge in [-0.2, -0.15) is 0 Å². The van der Waals surface area contributed by atoms with E-state index in [-0.39, 0.29) is 23.6 Å². The average molecular weight is 1370 g/mol. The maximum Gasteiger partial charge on any atom is 0.261 e. The van der Waals surface area contributed by atoms with E-state index in [0.29, 0.717) is 72.1 Å². The van der Waals surface area contributed by atoms with Gasteiger partial charge in [-0.1, -0.05) is 132 Å². The smallest absolute Gasteiger partial charge is 0.261 e. The van der Waals surface area contributed by atoms with Crippen LogP contribution in [0.5, 0.6) is 0 Å². The van der Waals surface area contributed by atoms with Crippen LogP contribution in [-0.4, -0.2) is 69.4 Å². The number of nitrogens with zero attached hydrogens (tertiary/aromatic N) is 4. The van der Waals surface area contributed by atoms with Gasteiger partial charge in [-0.3, -0.25) is 19.2 Å². The van der Waals surface area contributed by atoms with Crippen molar-refractivity contribution in [2.45, 2.75) is 158 Å². The highest BCUT2D eigenvalue weighted by molar-refractivity contribution is 9.11. The van der Waals surface area contributed by atoms with Gasteiger partial charge < -0.3 is 19.6 Å². The molecule has 0 saturated carbocycles. The minimum Gasteiger partial charge on any atom is -0.306 e. The van der Waals surface area contributed by atoms with Gasteiger partial charge in [-0.05, 0) is 154 Å². The second-order valence-electron chi connectivity index (χ2n) is 23.1. The van der Waals surface area contributed by atoms with Crippen LogP contribution < -0.4 is 0 Å². The molecule has 4 unspecified atom stereocenters. The molecule has 0 fully saturated rings. The second-order valence-corrected chi connectivity index (χ2v) is 32.3. The number of hydrogen-bond acceptors (Lipinski definition) is 10. The molecular formula is C68H80Br2N4O4S6. The van der Waals surface area contributed by atoms with E-state index in [9.17, 15) is 0 Å². The van der Waals surface area contributed by atoms with Crippen molar-refractivity contribution in [3.63, 3.8) is 0 Å². The Morgan fingerprint density at radius 3 is 0.714 bits per heavy atom. The number of halogens is 2. The predicted molar refractivity (Wildman–Crippen MR) is 366 cm³/mol. The van der Waals surface area contributed by atoms with Gasteiger partial charge in [0.1, 0.15) is 0 Å². The molecule has 16 heteroatoms. The summed E-state index contributed by atoms with van der Waals surface area (Å²) in [6.45, 7) is 20.1. The third-order valence-electron chi connectivity index (χ3n) is 17.5. The molecule has 4 atom stereocenters. The van der Waals surface area contributed by atoms with Crippen molar-refractivity contribution >= 4 is 146 Å². The highest BCUT2D eigenvalue weighted by atomic mass is 79.9. The summed E-state index contributed by atoms with van der Waals surface area (Å²) in [4.78, 5) is 79.4. The van der Waals surface area contributed by atoms with Crippen LogP contribution in [0.3, 0.4) is 0 Å². The Balaban J connectivity index is 0.977. The van der Waals surface area contributed by atoms with E-state index in [2.05, 4.69) is 148 Å². The maximum absolute atomic E-state index is 15.2. The normalized spacial score (nSPS) is 17.0. The van der Waals surface area contributed by atoms with E-state index in [4.69, 9.17) is 0 Å². The zero-order chi connectivity index (χ0) is 59.3. The molecule has 0 radical (unpaired) electrons. The van der Waals surface area contributed by atoms with Crippen molar-refractivity contribution in [3.05, 3.63) is 122 Å². The quantitative estimate of drug-likeness (QED) is 0.0434. The summed E-state index contributed by atoms with van der Waals surface area (Å²) in [5.41, 5.74) is 5.34. The minimum absolute atomic E-state index is 0.0547. The third kappa shape index (κ3) is 12.8. The zero-order valence-electron chi connectivity index (χ0n) is 50.0. The summed E-state index contributed by atoms with van der Waals surface area (Å²) in [7, 11) is 0. The van der Waals surface area contributed by atoms with E-state index in [1.807, 2.05) is 31.7 Å². The number of fused-ring (bicyclic) bond motifs is 2. The van der Waals surface area contributed by atoms with Gasteiger partial charge in [-0.25, -0.2) is 0 Å². The number of hydrogen-bond donors (Lipinski definition) is 0. The molecule has 0 spiro atoms. The predicted octanol–water partition coefficient (Wildman–Crippen LogP) is 21.1. The third-order valence-corrected chi connectivity index (χ3v) is 25.7. The van der Waals surface area contributed by atoms with Crippen LogP contribution in [0.2, 0.25) is 0 Å². The Kier molecular flexibility index (Phi) is 21.3. The summed E-state index contributed by atoms with van der Waals surface area (Å²) in [6, 6.07) is 25.6. The van der Waals surface area contributed by atoms with Crippen molar-refractivity contribution in [1.82, 2.24) is 19.6 Å². The molecule has 4 aliphatic rings. The standard InChI is InChI=1S/C68H80Br2N4O4S6/c1-9-17-21-41(13-5)37-71-61(57-59(67(71)77)63(53-33-35-55(69)83-53)73(65(57)75)39-43(15-7)23-19-11-3)51-31-29-49(81-51)47-27-25-45(79-47)46-26-28-48(80-46)50-30-32-52(82-50)62-58-60(68(78)72(62)38-42(14-6)22-18-10-2)64(54-34-36-56(70)84-54)74(66(58)76)40-44(16-8)24-20-12-4/h25-36,41-44H,9-24,37-40H2,1-8H3. The van der Waals surface area contributed by atoms with E-state index in [1.54, 1.807) is 68.0 Å². The summed E-state index contributed by atoms with van der Waals surface area (Å²) < 4.78 is 1.95. The number of carbonyl (C=O) groups excluding carboxylic acids is 4. The molecule has 4 aliphatic heterocycles. The van der Waals surface area contributed by atoms with Crippen LogP contribution in [-0.2, 0) is 19.2 Å². The molecule has 10 rings (SSSR count). The van der Waals surface area contributed by atoms with Gasteiger partial charge in [-0.15, -0.1) is 68.0 Å². The summed E-state index contributed by atoms with van der Waals surface area (Å²) in [5.74, 6) is 1.08. The van der Waals surface area contributed by atoms with Crippen LogP contribution in [0.1, 0.15) is 178 Å².